The molecule has 140 valence electrons. The molecule has 7 heteroatoms. The Balaban J connectivity index is 1.71. The van der Waals surface area contributed by atoms with Gasteiger partial charge in [0.2, 0.25) is 5.91 Å². The monoisotopic (exact) mass is 381 g/mol. The molecule has 3 aromatic rings. The second-order valence-electron chi connectivity index (χ2n) is 6.09. The van der Waals surface area contributed by atoms with Gasteiger partial charge in [-0.25, -0.2) is 0 Å². The van der Waals surface area contributed by atoms with Crippen molar-refractivity contribution in [3.05, 3.63) is 53.9 Å². The molecular weight excluding hydrogens is 358 g/mol. The van der Waals surface area contributed by atoms with E-state index in [0.29, 0.717) is 0 Å². The molecule has 3 rings (SSSR count). The summed E-state index contributed by atoms with van der Waals surface area (Å²) in [5.41, 5.74) is 4.10. The minimum absolute atomic E-state index is 0.0416. The lowest BCUT2D eigenvalue weighted by atomic mass is 10.1. The minimum Gasteiger partial charge on any atom is -0.325 e. The van der Waals surface area contributed by atoms with Gasteiger partial charge in [-0.05, 0) is 43.5 Å². The van der Waals surface area contributed by atoms with Gasteiger partial charge in [0, 0.05) is 30.2 Å². The van der Waals surface area contributed by atoms with Crippen molar-refractivity contribution < 1.29 is 4.79 Å². The number of para-hydroxylation sites is 1. The number of amides is 1. The maximum atomic E-state index is 12.5. The third-order valence-corrected chi connectivity index (χ3v) is 5.28. The zero-order valence-corrected chi connectivity index (χ0v) is 16.6. The van der Waals surface area contributed by atoms with Crippen LogP contribution >= 0.6 is 11.8 Å². The zero-order chi connectivity index (χ0) is 19.2. The highest BCUT2D eigenvalue weighted by Gasteiger charge is 2.15. The van der Waals surface area contributed by atoms with E-state index >= 15 is 0 Å². The first-order valence-corrected chi connectivity index (χ1v) is 9.97. The van der Waals surface area contributed by atoms with Crippen LogP contribution < -0.4 is 5.32 Å². The summed E-state index contributed by atoms with van der Waals surface area (Å²) in [6, 6.07) is 9.88. The van der Waals surface area contributed by atoms with Gasteiger partial charge < -0.3 is 9.88 Å². The molecule has 1 aromatic carbocycles. The summed E-state index contributed by atoms with van der Waals surface area (Å²) >= 11 is 1.40. The topological polar surface area (TPSA) is 72.7 Å². The van der Waals surface area contributed by atoms with E-state index < -0.39 is 0 Å². The van der Waals surface area contributed by atoms with E-state index in [-0.39, 0.29) is 11.7 Å². The molecule has 0 saturated carbocycles. The lowest BCUT2D eigenvalue weighted by Gasteiger charge is -2.13. The number of nitrogens with one attached hydrogen (secondary N) is 1. The minimum atomic E-state index is -0.0416. The van der Waals surface area contributed by atoms with E-state index in [4.69, 9.17) is 0 Å². The number of nitrogens with zero attached hydrogens (tertiary/aromatic N) is 4. The Morgan fingerprint density at radius 1 is 1.15 bits per heavy atom. The largest absolute Gasteiger partial charge is 0.325 e. The van der Waals surface area contributed by atoms with Gasteiger partial charge in [-0.1, -0.05) is 36.9 Å². The number of hydrogen-bond donors (Lipinski definition) is 1. The van der Waals surface area contributed by atoms with Crippen molar-refractivity contribution in [2.24, 2.45) is 0 Å². The van der Waals surface area contributed by atoms with Gasteiger partial charge in [0.25, 0.3) is 0 Å². The normalized spacial score (nSPS) is 10.8. The number of carbonyl (C=O) groups excluding carboxylic acids is 1. The van der Waals surface area contributed by atoms with Crippen molar-refractivity contribution in [2.75, 3.05) is 11.1 Å². The Hall–Kier alpha value is -2.67. The lowest BCUT2D eigenvalue weighted by molar-refractivity contribution is -0.113. The summed E-state index contributed by atoms with van der Waals surface area (Å²) in [5, 5.41) is 12.3. The number of rotatable bonds is 7. The summed E-state index contributed by atoms with van der Waals surface area (Å²) in [6.45, 7) is 6.87. The summed E-state index contributed by atoms with van der Waals surface area (Å²) < 4.78 is 2.01. The van der Waals surface area contributed by atoms with Crippen LogP contribution in [0.4, 0.5) is 5.69 Å². The van der Waals surface area contributed by atoms with Crippen LogP contribution in [0.1, 0.15) is 25.0 Å². The molecule has 0 aliphatic heterocycles. The second-order valence-corrected chi connectivity index (χ2v) is 7.03. The Bertz CT molecular complexity index is 923. The van der Waals surface area contributed by atoms with Gasteiger partial charge in [-0.15, -0.1) is 10.2 Å². The van der Waals surface area contributed by atoms with Crippen LogP contribution in [0.5, 0.6) is 0 Å². The van der Waals surface area contributed by atoms with Gasteiger partial charge in [0.15, 0.2) is 11.0 Å². The fraction of sp³-hybridized carbons (Fsp3) is 0.300. The molecule has 1 amide bonds. The van der Waals surface area contributed by atoms with Crippen LogP contribution in [0.15, 0.2) is 47.9 Å². The molecule has 0 atom stereocenters. The average molecular weight is 382 g/mol. The molecule has 2 heterocycles. The maximum absolute atomic E-state index is 12.5. The highest BCUT2D eigenvalue weighted by molar-refractivity contribution is 7.99. The van der Waals surface area contributed by atoms with E-state index in [9.17, 15) is 4.79 Å². The second kappa shape index (κ2) is 8.81. The summed E-state index contributed by atoms with van der Waals surface area (Å²) in [6.07, 6.45) is 4.35. The SMILES string of the molecule is CCc1cccc(C)c1NC(=O)CSc1nnc(-c2ccncc2)n1CC. The van der Waals surface area contributed by atoms with Crippen molar-refractivity contribution in [1.82, 2.24) is 19.7 Å². The van der Waals surface area contributed by atoms with Crippen LogP contribution in [-0.2, 0) is 17.8 Å². The predicted molar refractivity (Wildman–Crippen MR) is 109 cm³/mol. The van der Waals surface area contributed by atoms with Gasteiger partial charge >= 0.3 is 0 Å². The Labute approximate surface area is 163 Å². The zero-order valence-electron chi connectivity index (χ0n) is 15.8. The van der Waals surface area contributed by atoms with Crippen LogP contribution in [0.2, 0.25) is 0 Å². The fourth-order valence-electron chi connectivity index (χ4n) is 2.90. The Morgan fingerprint density at radius 3 is 2.63 bits per heavy atom. The molecule has 0 aliphatic rings. The van der Waals surface area contributed by atoms with Gasteiger partial charge in [0.05, 0.1) is 5.75 Å². The average Bonchev–Trinajstić information content (AvgIpc) is 3.11. The number of pyridine rings is 1. The molecule has 0 fully saturated rings. The van der Waals surface area contributed by atoms with Crippen molar-refractivity contribution in [3.8, 4) is 11.4 Å². The number of aromatic nitrogens is 4. The van der Waals surface area contributed by atoms with Crippen molar-refractivity contribution in [2.45, 2.75) is 38.9 Å². The summed E-state index contributed by atoms with van der Waals surface area (Å²) in [5.74, 6) is 1.03. The number of aryl methyl sites for hydroxylation is 2. The van der Waals surface area contributed by atoms with E-state index in [1.165, 1.54) is 11.8 Å². The molecule has 0 unspecified atom stereocenters. The van der Waals surface area contributed by atoms with Crippen molar-refractivity contribution in [3.63, 3.8) is 0 Å². The molecule has 27 heavy (non-hydrogen) atoms. The first-order chi connectivity index (χ1) is 13.1. The van der Waals surface area contributed by atoms with E-state index in [1.807, 2.05) is 48.7 Å². The van der Waals surface area contributed by atoms with Gasteiger partial charge in [0.1, 0.15) is 0 Å². The highest BCUT2D eigenvalue weighted by Crippen LogP contribution is 2.25. The number of thioether (sulfide) groups is 1. The van der Waals surface area contributed by atoms with E-state index in [0.717, 1.165) is 46.3 Å². The number of carbonyl (C=O) groups is 1. The van der Waals surface area contributed by atoms with Crippen molar-refractivity contribution in [1.29, 1.82) is 0 Å². The molecule has 2 aromatic heterocycles. The van der Waals surface area contributed by atoms with Crippen LogP contribution in [-0.4, -0.2) is 31.4 Å². The quantitative estimate of drug-likeness (QED) is 0.627. The molecule has 1 N–H and O–H groups in total. The summed E-state index contributed by atoms with van der Waals surface area (Å²) in [7, 11) is 0. The first-order valence-electron chi connectivity index (χ1n) is 8.98. The van der Waals surface area contributed by atoms with Crippen LogP contribution in [0.25, 0.3) is 11.4 Å². The summed E-state index contributed by atoms with van der Waals surface area (Å²) in [4.78, 5) is 16.5. The van der Waals surface area contributed by atoms with E-state index in [1.54, 1.807) is 12.4 Å². The Kier molecular flexibility index (Phi) is 6.24. The molecule has 0 aliphatic carbocycles. The first kappa shape index (κ1) is 19.1. The van der Waals surface area contributed by atoms with Gasteiger partial charge in [-0.2, -0.15) is 0 Å². The molecule has 0 saturated heterocycles. The third-order valence-electron chi connectivity index (χ3n) is 4.31. The van der Waals surface area contributed by atoms with E-state index in [2.05, 4.69) is 27.4 Å². The standard InChI is InChI=1S/C20H23N5OS/c1-4-15-8-6-7-14(3)18(15)22-17(26)13-27-20-24-23-19(25(20)5-2)16-9-11-21-12-10-16/h6-12H,4-5,13H2,1-3H3,(H,22,26). The molecule has 0 spiro atoms. The van der Waals surface area contributed by atoms with Crippen LogP contribution in [0.3, 0.4) is 0 Å². The number of hydrogen-bond acceptors (Lipinski definition) is 5. The lowest BCUT2D eigenvalue weighted by Crippen LogP contribution is -2.16. The Morgan fingerprint density at radius 2 is 1.93 bits per heavy atom. The third kappa shape index (κ3) is 4.36. The maximum Gasteiger partial charge on any atom is 0.234 e. The number of anilines is 1. The molecule has 0 bridgehead atoms. The highest BCUT2D eigenvalue weighted by atomic mass is 32.2. The predicted octanol–water partition coefficient (Wildman–Crippen LogP) is 3.96. The van der Waals surface area contributed by atoms with Crippen molar-refractivity contribution >= 4 is 23.4 Å². The number of benzene rings is 1. The van der Waals surface area contributed by atoms with Gasteiger partial charge in [-0.3, -0.25) is 9.78 Å². The smallest absolute Gasteiger partial charge is 0.234 e. The molecule has 0 radical (unpaired) electrons. The molecular formula is C20H23N5OS. The van der Waals surface area contributed by atoms with Crippen LogP contribution in [0, 0.1) is 6.92 Å². The molecule has 6 nitrogen and oxygen atoms in total. The fourth-order valence-corrected chi connectivity index (χ4v) is 3.71.